The lowest BCUT2D eigenvalue weighted by molar-refractivity contribution is 0.130. The molecule has 2 rings (SSSR count). The number of nitrogens with zero attached hydrogens (tertiary/aromatic N) is 1. The normalized spacial score (nSPS) is 11.4. The van der Waals surface area contributed by atoms with Crippen molar-refractivity contribution in [2.24, 2.45) is 5.16 Å². The molecule has 0 amide bonds. The monoisotopic (exact) mass is 231 g/mol. The van der Waals surface area contributed by atoms with E-state index >= 15 is 0 Å². The molecule has 0 aliphatic heterocycles. The maximum Gasteiger partial charge on any atom is 0.142 e. The molecule has 0 N–H and O–H groups in total. The van der Waals surface area contributed by atoms with Gasteiger partial charge in [-0.2, -0.15) is 11.3 Å². The van der Waals surface area contributed by atoms with Crippen molar-refractivity contribution < 1.29 is 4.84 Å². The molecule has 0 spiro atoms. The summed E-state index contributed by atoms with van der Waals surface area (Å²) < 4.78 is 0. The van der Waals surface area contributed by atoms with Gasteiger partial charge in [-0.3, -0.25) is 0 Å². The zero-order chi connectivity index (χ0) is 11.2. The standard InChI is InChI=1S/C13H13NOS/c1-11(13-7-8-16-10-13)14-15-9-12-5-3-2-4-6-12/h2-8,10H,9H2,1H3/b14-11+. The summed E-state index contributed by atoms with van der Waals surface area (Å²) in [5, 5.41) is 8.18. The van der Waals surface area contributed by atoms with Crippen molar-refractivity contribution in [2.75, 3.05) is 0 Å². The number of rotatable bonds is 4. The van der Waals surface area contributed by atoms with Crippen molar-refractivity contribution in [3.63, 3.8) is 0 Å². The van der Waals surface area contributed by atoms with Crippen molar-refractivity contribution >= 4 is 17.0 Å². The van der Waals surface area contributed by atoms with Crippen LogP contribution >= 0.6 is 11.3 Å². The minimum atomic E-state index is 0.516. The Kier molecular flexibility index (Phi) is 3.72. The third kappa shape index (κ3) is 2.94. The van der Waals surface area contributed by atoms with Gasteiger partial charge in [-0.1, -0.05) is 35.5 Å². The molecular formula is C13H13NOS. The van der Waals surface area contributed by atoms with Gasteiger partial charge in [-0.15, -0.1) is 0 Å². The molecule has 1 aromatic carbocycles. The first-order chi connectivity index (χ1) is 7.86. The first-order valence-corrected chi connectivity index (χ1v) is 6.03. The molecule has 82 valence electrons. The summed E-state index contributed by atoms with van der Waals surface area (Å²) in [5.74, 6) is 0. The average molecular weight is 231 g/mol. The Morgan fingerprint density at radius 3 is 2.75 bits per heavy atom. The van der Waals surface area contributed by atoms with Crippen molar-refractivity contribution in [3.05, 3.63) is 58.3 Å². The molecule has 2 aromatic rings. The van der Waals surface area contributed by atoms with Crippen LogP contribution in [0.3, 0.4) is 0 Å². The van der Waals surface area contributed by atoms with Gasteiger partial charge in [0.1, 0.15) is 6.61 Å². The molecule has 0 bridgehead atoms. The molecule has 16 heavy (non-hydrogen) atoms. The summed E-state index contributed by atoms with van der Waals surface area (Å²) in [6.45, 7) is 2.47. The number of hydrogen-bond acceptors (Lipinski definition) is 3. The number of thiophene rings is 1. The van der Waals surface area contributed by atoms with E-state index in [1.165, 1.54) is 0 Å². The molecule has 0 radical (unpaired) electrons. The van der Waals surface area contributed by atoms with Gasteiger partial charge in [0, 0.05) is 5.56 Å². The van der Waals surface area contributed by atoms with Crippen LogP contribution in [0, 0.1) is 0 Å². The van der Waals surface area contributed by atoms with Crippen molar-refractivity contribution in [3.8, 4) is 0 Å². The summed E-state index contributed by atoms with van der Waals surface area (Å²) in [4.78, 5) is 5.30. The highest BCUT2D eigenvalue weighted by Gasteiger charge is 1.97. The molecule has 0 atom stereocenters. The minimum absolute atomic E-state index is 0.516. The van der Waals surface area contributed by atoms with Gasteiger partial charge < -0.3 is 4.84 Å². The maximum absolute atomic E-state index is 5.30. The Bertz CT molecular complexity index is 448. The summed E-state index contributed by atoms with van der Waals surface area (Å²) in [7, 11) is 0. The third-order valence-corrected chi connectivity index (χ3v) is 2.90. The average Bonchev–Trinajstić information content (AvgIpc) is 2.84. The van der Waals surface area contributed by atoms with Crippen LogP contribution in [0.4, 0.5) is 0 Å². The van der Waals surface area contributed by atoms with Gasteiger partial charge in [-0.05, 0) is 29.3 Å². The zero-order valence-corrected chi connectivity index (χ0v) is 9.91. The fraction of sp³-hybridized carbons (Fsp3) is 0.154. The van der Waals surface area contributed by atoms with E-state index in [0.717, 1.165) is 16.8 Å². The van der Waals surface area contributed by atoms with Crippen LogP contribution in [0.5, 0.6) is 0 Å². The van der Waals surface area contributed by atoms with E-state index in [9.17, 15) is 0 Å². The third-order valence-electron chi connectivity index (χ3n) is 2.21. The van der Waals surface area contributed by atoms with Gasteiger partial charge >= 0.3 is 0 Å². The largest absolute Gasteiger partial charge is 0.391 e. The zero-order valence-electron chi connectivity index (χ0n) is 9.09. The number of benzene rings is 1. The Morgan fingerprint density at radius 2 is 2.06 bits per heavy atom. The number of hydrogen-bond donors (Lipinski definition) is 0. The van der Waals surface area contributed by atoms with Crippen LogP contribution in [-0.2, 0) is 11.4 Å². The van der Waals surface area contributed by atoms with Crippen molar-refractivity contribution in [1.82, 2.24) is 0 Å². The van der Waals surface area contributed by atoms with E-state index in [4.69, 9.17) is 4.84 Å². The van der Waals surface area contributed by atoms with Crippen molar-refractivity contribution in [2.45, 2.75) is 13.5 Å². The molecule has 0 saturated carbocycles. The summed E-state index contributed by atoms with van der Waals surface area (Å²) in [6.07, 6.45) is 0. The lowest BCUT2D eigenvalue weighted by Gasteiger charge is -2.00. The molecule has 1 aromatic heterocycles. The molecule has 0 saturated heterocycles. The quantitative estimate of drug-likeness (QED) is 0.581. The molecular weight excluding hydrogens is 218 g/mol. The maximum atomic E-state index is 5.30. The smallest absolute Gasteiger partial charge is 0.142 e. The number of oxime groups is 1. The fourth-order valence-electron chi connectivity index (χ4n) is 1.30. The van der Waals surface area contributed by atoms with E-state index < -0.39 is 0 Å². The molecule has 1 heterocycles. The second-order valence-corrected chi connectivity index (χ2v) is 4.23. The van der Waals surface area contributed by atoms with Crippen molar-refractivity contribution in [1.29, 1.82) is 0 Å². The summed E-state index contributed by atoms with van der Waals surface area (Å²) in [6, 6.07) is 12.1. The predicted molar refractivity (Wildman–Crippen MR) is 67.8 cm³/mol. The van der Waals surface area contributed by atoms with E-state index in [1.807, 2.05) is 48.7 Å². The Morgan fingerprint density at radius 1 is 1.25 bits per heavy atom. The first-order valence-electron chi connectivity index (χ1n) is 5.09. The SMILES string of the molecule is C/C(=N\OCc1ccccc1)c1ccsc1. The van der Waals surface area contributed by atoms with Crippen LogP contribution in [0.1, 0.15) is 18.1 Å². The van der Waals surface area contributed by atoms with Gasteiger partial charge in [0.2, 0.25) is 0 Å². The van der Waals surface area contributed by atoms with Gasteiger partial charge in [0.25, 0.3) is 0 Å². The predicted octanol–water partition coefficient (Wildman–Crippen LogP) is 3.69. The molecule has 2 nitrogen and oxygen atoms in total. The summed E-state index contributed by atoms with van der Waals surface area (Å²) >= 11 is 1.66. The van der Waals surface area contributed by atoms with Gasteiger partial charge in [0.15, 0.2) is 0 Å². The Labute approximate surface area is 99.2 Å². The molecule has 0 aliphatic carbocycles. The topological polar surface area (TPSA) is 21.6 Å². The molecule has 0 fully saturated rings. The van der Waals surface area contributed by atoms with E-state index in [1.54, 1.807) is 11.3 Å². The highest BCUT2D eigenvalue weighted by atomic mass is 32.1. The lowest BCUT2D eigenvalue weighted by Crippen LogP contribution is -1.94. The van der Waals surface area contributed by atoms with Crippen LogP contribution in [0.2, 0.25) is 0 Å². The lowest BCUT2D eigenvalue weighted by atomic mass is 10.2. The van der Waals surface area contributed by atoms with E-state index in [0.29, 0.717) is 6.61 Å². The Hall–Kier alpha value is -1.61. The Balaban J connectivity index is 1.90. The highest BCUT2D eigenvalue weighted by molar-refractivity contribution is 7.08. The second kappa shape index (κ2) is 5.47. The minimum Gasteiger partial charge on any atom is -0.391 e. The van der Waals surface area contributed by atoms with Crippen LogP contribution in [-0.4, -0.2) is 5.71 Å². The van der Waals surface area contributed by atoms with E-state index in [2.05, 4.69) is 10.5 Å². The van der Waals surface area contributed by atoms with Gasteiger partial charge in [-0.25, -0.2) is 0 Å². The first kappa shape index (κ1) is 10.9. The van der Waals surface area contributed by atoms with Crippen LogP contribution < -0.4 is 0 Å². The van der Waals surface area contributed by atoms with Crippen LogP contribution in [0.15, 0.2) is 52.3 Å². The van der Waals surface area contributed by atoms with Gasteiger partial charge in [0.05, 0.1) is 5.71 Å². The van der Waals surface area contributed by atoms with Crippen LogP contribution in [0.25, 0.3) is 0 Å². The fourth-order valence-corrected chi connectivity index (χ4v) is 2.00. The summed E-state index contributed by atoms with van der Waals surface area (Å²) in [5.41, 5.74) is 3.17. The second-order valence-electron chi connectivity index (χ2n) is 3.45. The molecule has 0 aliphatic rings. The highest BCUT2D eigenvalue weighted by Crippen LogP contribution is 2.08. The molecule has 0 unspecified atom stereocenters. The van der Waals surface area contributed by atoms with E-state index in [-0.39, 0.29) is 0 Å². The molecule has 3 heteroatoms.